The van der Waals surface area contributed by atoms with Crippen LogP contribution in [-0.2, 0) is 4.74 Å². The van der Waals surface area contributed by atoms with Gasteiger partial charge in [-0.15, -0.1) is 0 Å². The lowest BCUT2D eigenvalue weighted by Crippen LogP contribution is -2.12. The summed E-state index contributed by atoms with van der Waals surface area (Å²) in [7, 11) is 0. The molecule has 2 aromatic carbocycles. The van der Waals surface area contributed by atoms with Gasteiger partial charge in [0.15, 0.2) is 0 Å². The van der Waals surface area contributed by atoms with Crippen molar-refractivity contribution in [3.63, 3.8) is 0 Å². The van der Waals surface area contributed by atoms with Crippen molar-refractivity contribution in [1.82, 2.24) is 0 Å². The fourth-order valence-corrected chi connectivity index (χ4v) is 1.92. The highest BCUT2D eigenvalue weighted by Gasteiger charge is 2.27. The van der Waals surface area contributed by atoms with Crippen LogP contribution >= 0.6 is 0 Å². The number of azide groups is 1. The van der Waals surface area contributed by atoms with E-state index in [1.54, 1.807) is 6.92 Å². The van der Waals surface area contributed by atoms with E-state index in [1.165, 1.54) is 17.7 Å². The molecule has 0 fully saturated rings. The minimum absolute atomic E-state index is 0.0384. The number of benzene rings is 2. The number of carbonyl (C=O) groups excluding carboxylic acids is 2. The molecule has 2 rings (SSSR count). The van der Waals surface area contributed by atoms with Gasteiger partial charge in [-0.25, -0.2) is 4.79 Å². The maximum atomic E-state index is 11.6. The summed E-state index contributed by atoms with van der Waals surface area (Å²) in [6, 6.07) is 13.7. The number of carbonyl (C=O) groups is 2. The molecule has 0 aliphatic rings. The van der Waals surface area contributed by atoms with Gasteiger partial charge in [0.2, 0.25) is 0 Å². The molecule has 0 aromatic heterocycles. The van der Waals surface area contributed by atoms with E-state index in [4.69, 9.17) is 5.53 Å². The van der Waals surface area contributed by atoms with Crippen LogP contribution in [0.15, 0.2) is 53.6 Å². The summed E-state index contributed by atoms with van der Waals surface area (Å²) in [6.45, 7) is 3.67. The average Bonchev–Trinajstić information content (AvgIpc) is 2.62. The standard InChI is InChI=1S/C10H8N4O5.C7H8/c1-2-19-10(16)6-4-3-5-7(14(17)18)8(6)9(15)12-13-11;1-7-5-3-2-4-6-7/h3-5H,2H2,1H3;2-6H,1H3. The maximum absolute atomic E-state index is 11.6. The number of hydrogen-bond donors (Lipinski definition) is 0. The number of amides is 1. The van der Waals surface area contributed by atoms with Crippen LogP contribution in [0.5, 0.6) is 0 Å². The second kappa shape index (κ2) is 10.2. The van der Waals surface area contributed by atoms with E-state index in [2.05, 4.69) is 33.8 Å². The second-order valence-corrected chi connectivity index (χ2v) is 4.83. The average molecular weight is 356 g/mol. The molecule has 0 saturated carbocycles. The molecular weight excluding hydrogens is 340 g/mol. The van der Waals surface area contributed by atoms with Crippen molar-refractivity contribution in [2.24, 2.45) is 5.11 Å². The molecule has 26 heavy (non-hydrogen) atoms. The zero-order valence-electron chi connectivity index (χ0n) is 14.2. The summed E-state index contributed by atoms with van der Waals surface area (Å²) in [4.78, 5) is 35.4. The molecule has 134 valence electrons. The van der Waals surface area contributed by atoms with Gasteiger partial charge in [0, 0.05) is 11.0 Å². The van der Waals surface area contributed by atoms with E-state index in [0.717, 1.165) is 6.07 Å². The molecule has 2 aromatic rings. The van der Waals surface area contributed by atoms with Gasteiger partial charge in [0.05, 0.1) is 17.1 Å². The number of esters is 1. The van der Waals surface area contributed by atoms with E-state index >= 15 is 0 Å². The molecule has 9 heteroatoms. The van der Waals surface area contributed by atoms with Crippen LogP contribution in [0, 0.1) is 17.0 Å². The van der Waals surface area contributed by atoms with Crippen molar-refractivity contribution in [2.75, 3.05) is 6.61 Å². The number of hydrogen-bond acceptors (Lipinski definition) is 5. The Balaban J connectivity index is 0.000000401. The van der Waals surface area contributed by atoms with Crippen LogP contribution < -0.4 is 0 Å². The molecule has 0 radical (unpaired) electrons. The first kappa shape index (κ1) is 20.3. The molecule has 0 spiro atoms. The van der Waals surface area contributed by atoms with Gasteiger partial charge in [-0.05, 0) is 30.6 Å². The first-order valence-corrected chi connectivity index (χ1v) is 7.48. The van der Waals surface area contributed by atoms with E-state index in [1.807, 2.05) is 18.2 Å². The summed E-state index contributed by atoms with van der Waals surface area (Å²) >= 11 is 0. The molecule has 0 atom stereocenters. The molecule has 0 heterocycles. The van der Waals surface area contributed by atoms with Crippen LogP contribution in [0.4, 0.5) is 5.69 Å². The normalized spacial score (nSPS) is 9.15. The Bertz CT molecular complexity index is 845. The smallest absolute Gasteiger partial charge is 0.339 e. The summed E-state index contributed by atoms with van der Waals surface area (Å²) in [5.74, 6) is -2.11. The first-order chi connectivity index (χ1) is 12.4. The Morgan fingerprint density at radius 1 is 1.19 bits per heavy atom. The zero-order chi connectivity index (χ0) is 19.5. The van der Waals surface area contributed by atoms with Crippen molar-refractivity contribution in [3.8, 4) is 0 Å². The Morgan fingerprint density at radius 2 is 1.85 bits per heavy atom. The van der Waals surface area contributed by atoms with E-state index in [-0.39, 0.29) is 12.2 Å². The highest BCUT2D eigenvalue weighted by molar-refractivity contribution is 6.08. The highest BCUT2D eigenvalue weighted by atomic mass is 16.6. The molecule has 9 nitrogen and oxygen atoms in total. The fraction of sp³-hybridized carbons (Fsp3) is 0.176. The monoisotopic (exact) mass is 356 g/mol. The SMILES string of the molecule is CCOC(=O)c1cccc([N+](=O)[O-])c1C(=O)N=[N+]=[N-].Cc1ccccc1. The Hall–Kier alpha value is -3.71. The maximum Gasteiger partial charge on any atom is 0.339 e. The lowest BCUT2D eigenvalue weighted by molar-refractivity contribution is -0.385. The minimum Gasteiger partial charge on any atom is -0.462 e. The topological polar surface area (TPSA) is 135 Å². The molecule has 0 aliphatic carbocycles. The summed E-state index contributed by atoms with van der Waals surface area (Å²) in [5.41, 5.74) is 8.02. The van der Waals surface area contributed by atoms with Gasteiger partial charge in [0.1, 0.15) is 5.56 Å². The molecule has 1 amide bonds. The summed E-state index contributed by atoms with van der Waals surface area (Å²) < 4.78 is 4.68. The predicted octanol–water partition coefficient (Wildman–Crippen LogP) is 4.22. The van der Waals surface area contributed by atoms with Crippen LogP contribution in [0.1, 0.15) is 33.2 Å². The zero-order valence-corrected chi connectivity index (χ0v) is 14.2. The molecule has 0 aliphatic heterocycles. The third kappa shape index (κ3) is 5.73. The number of ether oxygens (including phenoxy) is 1. The summed E-state index contributed by atoms with van der Waals surface area (Å²) in [5, 5.41) is 13.6. The second-order valence-electron chi connectivity index (χ2n) is 4.83. The van der Waals surface area contributed by atoms with Crippen LogP contribution in [0.3, 0.4) is 0 Å². The number of rotatable bonds is 4. The van der Waals surface area contributed by atoms with E-state index in [9.17, 15) is 19.7 Å². The Kier molecular flexibility index (Phi) is 7.99. The molecule has 0 unspecified atom stereocenters. The third-order valence-corrected chi connectivity index (χ3v) is 3.02. The van der Waals surface area contributed by atoms with Crippen molar-refractivity contribution in [2.45, 2.75) is 13.8 Å². The van der Waals surface area contributed by atoms with Crippen molar-refractivity contribution in [3.05, 3.63) is 85.8 Å². The first-order valence-electron chi connectivity index (χ1n) is 7.48. The predicted molar refractivity (Wildman–Crippen MR) is 93.7 cm³/mol. The van der Waals surface area contributed by atoms with Crippen molar-refractivity contribution >= 4 is 17.6 Å². The Morgan fingerprint density at radius 3 is 2.31 bits per heavy atom. The highest BCUT2D eigenvalue weighted by Crippen LogP contribution is 2.24. The Labute approximate surface area is 149 Å². The number of nitrogens with zero attached hydrogens (tertiary/aromatic N) is 4. The van der Waals surface area contributed by atoms with Gasteiger partial charge in [0.25, 0.3) is 11.6 Å². The van der Waals surface area contributed by atoms with E-state index in [0.29, 0.717) is 0 Å². The number of nitro groups is 1. The van der Waals surface area contributed by atoms with Gasteiger partial charge in [-0.1, -0.05) is 42.0 Å². The quantitative estimate of drug-likeness (QED) is 0.202. The van der Waals surface area contributed by atoms with Crippen molar-refractivity contribution < 1.29 is 19.2 Å². The molecule has 0 N–H and O–H groups in total. The third-order valence-electron chi connectivity index (χ3n) is 3.02. The minimum atomic E-state index is -1.21. The van der Waals surface area contributed by atoms with E-state index < -0.39 is 28.1 Å². The molecule has 0 saturated heterocycles. The van der Waals surface area contributed by atoms with Crippen LogP contribution in [0.25, 0.3) is 10.4 Å². The van der Waals surface area contributed by atoms with Gasteiger partial charge in [-0.2, -0.15) is 0 Å². The van der Waals surface area contributed by atoms with Gasteiger partial charge in [-0.3, -0.25) is 14.9 Å². The summed E-state index contributed by atoms with van der Waals surface area (Å²) in [6.07, 6.45) is 0. The van der Waals surface area contributed by atoms with Crippen LogP contribution in [0.2, 0.25) is 0 Å². The number of nitro benzene ring substituents is 1. The van der Waals surface area contributed by atoms with Crippen molar-refractivity contribution in [1.29, 1.82) is 0 Å². The van der Waals surface area contributed by atoms with Gasteiger partial charge < -0.3 is 4.74 Å². The lowest BCUT2D eigenvalue weighted by Gasteiger charge is -2.06. The number of aryl methyl sites for hydroxylation is 1. The lowest BCUT2D eigenvalue weighted by atomic mass is 10.0. The van der Waals surface area contributed by atoms with Gasteiger partial charge >= 0.3 is 5.97 Å². The molecular formula is C17H16N4O5. The van der Waals surface area contributed by atoms with Crippen LogP contribution in [-0.4, -0.2) is 23.4 Å². The largest absolute Gasteiger partial charge is 0.462 e. The fourth-order valence-electron chi connectivity index (χ4n) is 1.92. The molecule has 0 bridgehead atoms.